The van der Waals surface area contributed by atoms with Crippen LogP contribution in [0.4, 0.5) is 0 Å². The first-order valence-electron chi connectivity index (χ1n) is 10.6. The molecule has 3 aromatic rings. The van der Waals surface area contributed by atoms with Gasteiger partial charge in [-0.2, -0.15) is 10.2 Å². The van der Waals surface area contributed by atoms with Crippen molar-refractivity contribution in [3.05, 3.63) is 69.8 Å². The summed E-state index contributed by atoms with van der Waals surface area (Å²) in [7, 11) is 1.66. The molecule has 2 N–H and O–H groups in total. The van der Waals surface area contributed by atoms with Crippen LogP contribution in [0.5, 0.6) is 5.75 Å². The van der Waals surface area contributed by atoms with E-state index in [4.69, 9.17) is 4.74 Å². The molecule has 0 atom stereocenters. The number of hydrogen-bond donors (Lipinski definition) is 2. The van der Waals surface area contributed by atoms with Gasteiger partial charge in [0.2, 0.25) is 0 Å². The van der Waals surface area contributed by atoms with Crippen LogP contribution >= 0.6 is 0 Å². The van der Waals surface area contributed by atoms with Gasteiger partial charge in [-0.05, 0) is 43.5 Å². The lowest BCUT2D eigenvalue weighted by Crippen LogP contribution is -2.42. The second-order valence-corrected chi connectivity index (χ2v) is 8.09. The minimum Gasteiger partial charge on any atom is -0.497 e. The topological polar surface area (TPSA) is 102 Å². The highest BCUT2D eigenvalue weighted by Gasteiger charge is 2.34. The van der Waals surface area contributed by atoms with E-state index in [1.807, 2.05) is 19.1 Å². The fourth-order valence-electron chi connectivity index (χ4n) is 4.40. The second kappa shape index (κ2) is 8.75. The van der Waals surface area contributed by atoms with E-state index in [-0.39, 0.29) is 16.9 Å². The Bertz CT molecular complexity index is 1090. The second-order valence-electron chi connectivity index (χ2n) is 8.09. The lowest BCUT2D eigenvalue weighted by atomic mass is 9.69. The van der Waals surface area contributed by atoms with Gasteiger partial charge < -0.3 is 10.1 Å². The van der Waals surface area contributed by atoms with Crippen LogP contribution in [0.1, 0.15) is 53.7 Å². The van der Waals surface area contributed by atoms with E-state index in [9.17, 15) is 9.59 Å². The average molecular weight is 422 g/mol. The molecule has 4 rings (SSSR count). The number of rotatable bonds is 6. The quantitative estimate of drug-likeness (QED) is 0.637. The highest BCUT2D eigenvalue weighted by molar-refractivity contribution is 5.95. The summed E-state index contributed by atoms with van der Waals surface area (Å²) in [5.41, 5.74) is 2.03. The molecule has 2 aromatic heterocycles. The van der Waals surface area contributed by atoms with Crippen molar-refractivity contribution in [2.24, 2.45) is 0 Å². The number of nitrogens with zero attached hydrogens (tertiary/aromatic N) is 3. The summed E-state index contributed by atoms with van der Waals surface area (Å²) in [5, 5.41) is 13.8. The first-order chi connectivity index (χ1) is 15.0. The van der Waals surface area contributed by atoms with Crippen LogP contribution in [0, 0.1) is 6.92 Å². The molecule has 1 aliphatic carbocycles. The number of methoxy groups -OCH3 is 1. The van der Waals surface area contributed by atoms with E-state index >= 15 is 0 Å². The molecule has 8 heteroatoms. The Labute approximate surface area is 180 Å². The summed E-state index contributed by atoms with van der Waals surface area (Å²) >= 11 is 0. The van der Waals surface area contributed by atoms with Gasteiger partial charge in [-0.15, -0.1) is 0 Å². The minimum atomic E-state index is -0.289. The number of benzene rings is 1. The third kappa shape index (κ3) is 4.23. The molecular formula is C23H27N5O3. The van der Waals surface area contributed by atoms with Gasteiger partial charge in [0.05, 0.1) is 24.6 Å². The van der Waals surface area contributed by atoms with Crippen molar-refractivity contribution in [2.75, 3.05) is 13.7 Å². The van der Waals surface area contributed by atoms with Gasteiger partial charge in [0.15, 0.2) is 5.82 Å². The zero-order valence-electron chi connectivity index (χ0n) is 17.9. The van der Waals surface area contributed by atoms with Crippen molar-refractivity contribution in [3.63, 3.8) is 0 Å². The third-order valence-corrected chi connectivity index (χ3v) is 6.24. The molecule has 2 heterocycles. The molecule has 0 unspecified atom stereocenters. The lowest BCUT2D eigenvalue weighted by molar-refractivity contribution is 0.0936. The molecule has 0 radical (unpaired) electrons. The summed E-state index contributed by atoms with van der Waals surface area (Å²) in [5.74, 6) is 1.13. The van der Waals surface area contributed by atoms with Gasteiger partial charge in [-0.25, -0.2) is 9.78 Å². The number of carbonyl (C=O) groups is 1. The molecular weight excluding hydrogens is 394 g/mol. The number of nitrogens with one attached hydrogen (secondary N) is 2. The normalized spacial score (nSPS) is 15.4. The van der Waals surface area contributed by atoms with E-state index in [1.165, 1.54) is 18.1 Å². The van der Waals surface area contributed by atoms with Crippen LogP contribution in [0.25, 0.3) is 5.82 Å². The fourth-order valence-corrected chi connectivity index (χ4v) is 4.40. The highest BCUT2D eigenvalue weighted by atomic mass is 16.5. The standard InChI is InChI=1S/C23H27N5O3/c1-16-19(14-25-28(16)20-10-11-21(29)27-26-20)22(30)24-15-23(12-4-3-5-13-23)17-6-8-18(31-2)9-7-17/h6-11,14H,3-5,12-13,15H2,1-2H3,(H,24,30)(H,27,29). The van der Waals surface area contributed by atoms with Crippen molar-refractivity contribution >= 4 is 5.91 Å². The van der Waals surface area contributed by atoms with Gasteiger partial charge in [-0.1, -0.05) is 31.4 Å². The Balaban J connectivity index is 1.53. The maximum absolute atomic E-state index is 13.0. The molecule has 1 fully saturated rings. The number of ether oxygens (including phenoxy) is 1. The van der Waals surface area contributed by atoms with Gasteiger partial charge in [0.1, 0.15) is 5.75 Å². The molecule has 1 aromatic carbocycles. The lowest BCUT2D eigenvalue weighted by Gasteiger charge is -2.38. The number of hydrogen-bond acceptors (Lipinski definition) is 5. The Morgan fingerprint density at radius 1 is 1.16 bits per heavy atom. The predicted molar refractivity (Wildman–Crippen MR) is 117 cm³/mol. The summed E-state index contributed by atoms with van der Waals surface area (Å²) in [6.07, 6.45) is 7.15. The van der Waals surface area contributed by atoms with Gasteiger partial charge >= 0.3 is 0 Å². The molecule has 0 bridgehead atoms. The van der Waals surface area contributed by atoms with Crippen LogP contribution in [0.3, 0.4) is 0 Å². The van der Waals surface area contributed by atoms with Crippen molar-refractivity contribution in [1.82, 2.24) is 25.3 Å². The first-order valence-corrected chi connectivity index (χ1v) is 10.6. The van der Waals surface area contributed by atoms with Gasteiger partial charge in [0.25, 0.3) is 11.5 Å². The smallest absolute Gasteiger partial charge is 0.264 e. The number of carbonyl (C=O) groups excluding carboxylic acids is 1. The summed E-state index contributed by atoms with van der Waals surface area (Å²) < 4.78 is 6.85. The van der Waals surface area contributed by atoms with Crippen molar-refractivity contribution in [2.45, 2.75) is 44.4 Å². The Kier molecular flexibility index (Phi) is 5.88. The monoisotopic (exact) mass is 421 g/mol. The zero-order valence-corrected chi connectivity index (χ0v) is 17.9. The number of H-pyrrole nitrogens is 1. The molecule has 31 heavy (non-hydrogen) atoms. The maximum Gasteiger partial charge on any atom is 0.264 e. The molecule has 0 saturated heterocycles. The highest BCUT2D eigenvalue weighted by Crippen LogP contribution is 2.39. The SMILES string of the molecule is COc1ccc(C2(CNC(=O)c3cnn(-c4ccc(=O)[nH]n4)c3C)CCCCC2)cc1. The zero-order chi connectivity index (χ0) is 21.8. The van der Waals surface area contributed by atoms with E-state index in [1.54, 1.807) is 24.1 Å². The molecule has 1 amide bonds. The molecule has 1 aliphatic rings. The maximum atomic E-state index is 13.0. The van der Waals surface area contributed by atoms with Gasteiger partial charge in [0, 0.05) is 18.0 Å². The van der Waals surface area contributed by atoms with E-state index in [0.717, 1.165) is 31.4 Å². The first kappa shape index (κ1) is 20.8. The van der Waals surface area contributed by atoms with Crippen molar-refractivity contribution < 1.29 is 9.53 Å². The Morgan fingerprint density at radius 2 is 1.90 bits per heavy atom. The average Bonchev–Trinajstić information content (AvgIpc) is 3.20. The molecule has 0 aliphatic heterocycles. The van der Waals surface area contributed by atoms with Crippen molar-refractivity contribution in [3.8, 4) is 11.6 Å². The molecule has 1 saturated carbocycles. The summed E-state index contributed by atoms with van der Waals surface area (Å²) in [6.45, 7) is 2.38. The largest absolute Gasteiger partial charge is 0.497 e. The van der Waals surface area contributed by atoms with Gasteiger partial charge in [-0.3, -0.25) is 9.59 Å². The number of amides is 1. The third-order valence-electron chi connectivity index (χ3n) is 6.24. The van der Waals surface area contributed by atoms with Crippen LogP contribution in [-0.4, -0.2) is 39.5 Å². The Morgan fingerprint density at radius 3 is 2.55 bits per heavy atom. The molecule has 8 nitrogen and oxygen atoms in total. The summed E-state index contributed by atoms with van der Waals surface area (Å²) in [6, 6.07) is 11.1. The molecule has 0 spiro atoms. The van der Waals surface area contributed by atoms with Crippen LogP contribution in [-0.2, 0) is 5.41 Å². The molecule has 162 valence electrons. The number of aromatic nitrogens is 4. The van der Waals surface area contributed by atoms with E-state index < -0.39 is 0 Å². The summed E-state index contributed by atoms with van der Waals surface area (Å²) in [4.78, 5) is 24.3. The van der Waals surface area contributed by atoms with Crippen LogP contribution < -0.4 is 15.6 Å². The number of aromatic amines is 1. The fraction of sp³-hybridized carbons (Fsp3) is 0.391. The van der Waals surface area contributed by atoms with E-state index in [0.29, 0.717) is 23.6 Å². The Hall–Kier alpha value is -3.42. The van der Waals surface area contributed by atoms with E-state index in [2.05, 4.69) is 32.7 Å². The van der Waals surface area contributed by atoms with Crippen molar-refractivity contribution in [1.29, 1.82) is 0 Å². The predicted octanol–water partition coefficient (Wildman–Crippen LogP) is 2.90. The minimum absolute atomic E-state index is 0.0788. The van der Waals surface area contributed by atoms with Crippen LogP contribution in [0.2, 0.25) is 0 Å². The van der Waals surface area contributed by atoms with Crippen LogP contribution in [0.15, 0.2) is 47.4 Å².